The molecule has 0 saturated carbocycles. The van der Waals surface area contributed by atoms with Crippen LogP contribution in [0.1, 0.15) is 87.7 Å². The summed E-state index contributed by atoms with van der Waals surface area (Å²) in [4.78, 5) is 38.9. The molecule has 5 unspecified atom stereocenters. The summed E-state index contributed by atoms with van der Waals surface area (Å²) in [6.07, 6.45) is -4.90. The van der Waals surface area contributed by atoms with Gasteiger partial charge in [-0.25, -0.2) is 9.59 Å². The van der Waals surface area contributed by atoms with Gasteiger partial charge in [-0.05, 0) is 47.8 Å². The van der Waals surface area contributed by atoms with E-state index in [1.165, 1.54) is 6.92 Å². The van der Waals surface area contributed by atoms with Crippen molar-refractivity contribution >= 4 is 17.9 Å². The van der Waals surface area contributed by atoms with Crippen molar-refractivity contribution in [2.75, 3.05) is 19.8 Å². The van der Waals surface area contributed by atoms with Gasteiger partial charge in [0.15, 0.2) is 6.10 Å². The molecule has 14 heteroatoms. The topological polar surface area (TPSA) is 185 Å². The van der Waals surface area contributed by atoms with Crippen LogP contribution in [-0.2, 0) is 51.2 Å². The van der Waals surface area contributed by atoms with Crippen molar-refractivity contribution in [3.05, 3.63) is 154 Å². The number of nitrogens with zero attached hydrogens (tertiary/aromatic N) is 3. The molecule has 9 atom stereocenters. The first-order chi connectivity index (χ1) is 30.1. The predicted molar refractivity (Wildman–Crippen MR) is 241 cm³/mol. The highest BCUT2D eigenvalue weighted by molar-refractivity contribution is 5.89. The van der Waals surface area contributed by atoms with Crippen LogP contribution >= 0.6 is 0 Å². The highest BCUT2D eigenvalue weighted by atomic mass is 16.6. The van der Waals surface area contributed by atoms with Gasteiger partial charge in [-0.3, -0.25) is 4.79 Å². The SMILES string of the molecule is C.CC.CC.CC(=O)OC[C@@H]1OC(C)C(OC(=O)c2ccccc2)C(OCc2ccccc2)[C@@H]1O.CC1C(COC(=O)c2ccccc2)OC[C@@H](N=[N+]=[N-])[C@@H]1OCc1ccccc1. The highest BCUT2D eigenvalue weighted by Crippen LogP contribution is 2.29. The molecule has 2 heterocycles. The molecule has 0 aromatic heterocycles. The molecule has 2 aliphatic rings. The molecule has 63 heavy (non-hydrogen) atoms. The lowest BCUT2D eigenvalue weighted by atomic mass is 9.90. The molecule has 2 saturated heterocycles. The number of carbonyl (C=O) groups excluding carboxylic acids is 3. The molecule has 4 aromatic carbocycles. The number of benzene rings is 4. The Morgan fingerprint density at radius 1 is 0.683 bits per heavy atom. The second-order valence-electron chi connectivity index (χ2n) is 13.9. The summed E-state index contributed by atoms with van der Waals surface area (Å²) in [5.41, 5.74) is 11.7. The Balaban J connectivity index is 0.000000397. The van der Waals surface area contributed by atoms with Crippen molar-refractivity contribution in [3.63, 3.8) is 0 Å². The van der Waals surface area contributed by atoms with Gasteiger partial charge in [0, 0.05) is 17.8 Å². The number of aliphatic hydroxyl groups is 1. The lowest BCUT2D eigenvalue weighted by Crippen LogP contribution is -2.60. The van der Waals surface area contributed by atoms with E-state index in [2.05, 4.69) is 10.0 Å². The number of ether oxygens (including phenoxy) is 7. The first-order valence-corrected chi connectivity index (χ1v) is 21.1. The normalized spacial score (nSPS) is 23.3. The van der Waals surface area contributed by atoms with Crippen LogP contribution in [0.5, 0.6) is 0 Å². The second kappa shape index (κ2) is 29.7. The minimum atomic E-state index is -1.15. The second-order valence-corrected chi connectivity index (χ2v) is 13.9. The molecule has 0 bridgehead atoms. The summed E-state index contributed by atoms with van der Waals surface area (Å²) in [5, 5.41) is 14.7. The molecule has 14 nitrogen and oxygen atoms in total. The van der Waals surface area contributed by atoms with Crippen molar-refractivity contribution in [1.82, 2.24) is 0 Å². The molecular weight excluding hydrogens is 807 g/mol. The van der Waals surface area contributed by atoms with Crippen LogP contribution in [0.25, 0.3) is 10.4 Å². The number of esters is 3. The molecule has 0 spiro atoms. The molecule has 1 N–H and O–H groups in total. The van der Waals surface area contributed by atoms with E-state index in [9.17, 15) is 19.5 Å². The van der Waals surface area contributed by atoms with Gasteiger partial charge in [-0.2, -0.15) is 0 Å². The van der Waals surface area contributed by atoms with Gasteiger partial charge in [0.25, 0.3) is 0 Å². The predicted octanol–water partition coefficient (Wildman–Crippen LogP) is 9.34. The van der Waals surface area contributed by atoms with Crippen molar-refractivity contribution in [3.8, 4) is 0 Å². The third kappa shape index (κ3) is 17.2. The molecule has 342 valence electrons. The Kier molecular flexibility index (Phi) is 25.2. The van der Waals surface area contributed by atoms with E-state index >= 15 is 0 Å². The van der Waals surface area contributed by atoms with Crippen LogP contribution in [0.15, 0.2) is 126 Å². The van der Waals surface area contributed by atoms with Gasteiger partial charge < -0.3 is 38.3 Å². The number of aliphatic hydroxyl groups excluding tert-OH is 1. The third-order valence-electron chi connectivity index (χ3n) is 9.72. The van der Waals surface area contributed by atoms with Crippen molar-refractivity contribution < 1.29 is 52.6 Å². The summed E-state index contributed by atoms with van der Waals surface area (Å²) in [6, 6.07) is 36.2. The number of hydrogen-bond donors (Lipinski definition) is 1. The smallest absolute Gasteiger partial charge is 0.338 e. The fourth-order valence-corrected chi connectivity index (χ4v) is 6.57. The minimum Gasteiger partial charge on any atom is -0.463 e. The summed E-state index contributed by atoms with van der Waals surface area (Å²) in [5.74, 6) is -1.51. The largest absolute Gasteiger partial charge is 0.463 e. The fraction of sp³-hybridized carbons (Fsp3) is 0.449. The number of carbonyl (C=O) groups is 3. The minimum absolute atomic E-state index is 0. The Morgan fingerprint density at radius 2 is 1.14 bits per heavy atom. The first kappa shape index (κ1) is 53.5. The highest BCUT2D eigenvalue weighted by Gasteiger charge is 2.47. The quantitative estimate of drug-likeness (QED) is 0.0419. The summed E-state index contributed by atoms with van der Waals surface area (Å²) in [7, 11) is 0. The molecule has 2 fully saturated rings. The van der Waals surface area contributed by atoms with E-state index in [1.54, 1.807) is 61.5 Å². The van der Waals surface area contributed by atoms with E-state index in [4.69, 9.17) is 38.7 Å². The lowest BCUT2D eigenvalue weighted by molar-refractivity contribution is -0.241. The molecule has 0 aliphatic carbocycles. The zero-order valence-corrected chi connectivity index (χ0v) is 36.7. The lowest BCUT2D eigenvalue weighted by Gasteiger charge is -2.42. The zero-order valence-electron chi connectivity index (χ0n) is 36.7. The first-order valence-electron chi connectivity index (χ1n) is 21.1. The average molecular weight is 872 g/mol. The van der Waals surface area contributed by atoms with Gasteiger partial charge in [0.1, 0.15) is 31.5 Å². The van der Waals surface area contributed by atoms with Crippen LogP contribution in [0.4, 0.5) is 0 Å². The molecule has 4 aromatic rings. The Bertz CT molecular complexity index is 1920. The van der Waals surface area contributed by atoms with E-state index in [1.807, 2.05) is 101 Å². The Labute approximate surface area is 372 Å². The van der Waals surface area contributed by atoms with Crippen LogP contribution < -0.4 is 0 Å². The fourth-order valence-electron chi connectivity index (χ4n) is 6.57. The molecule has 6 rings (SSSR count). The summed E-state index contributed by atoms with van der Waals surface area (Å²) < 4.78 is 39.8. The van der Waals surface area contributed by atoms with Gasteiger partial charge in [-0.15, -0.1) is 0 Å². The van der Waals surface area contributed by atoms with Gasteiger partial charge in [-0.1, -0.05) is 144 Å². The molecule has 0 radical (unpaired) electrons. The maximum atomic E-state index is 12.6. The summed E-state index contributed by atoms with van der Waals surface area (Å²) in [6.45, 7) is 13.8. The van der Waals surface area contributed by atoms with Crippen LogP contribution in [0.2, 0.25) is 0 Å². The van der Waals surface area contributed by atoms with E-state index < -0.39 is 54.5 Å². The van der Waals surface area contributed by atoms with Crippen LogP contribution in [0.3, 0.4) is 0 Å². The average Bonchev–Trinajstić information content (AvgIpc) is 3.31. The number of azide groups is 1. The maximum Gasteiger partial charge on any atom is 0.338 e. The third-order valence-corrected chi connectivity index (χ3v) is 9.72. The number of rotatable bonds is 14. The van der Waals surface area contributed by atoms with Crippen LogP contribution in [-0.4, -0.2) is 91.6 Å². The van der Waals surface area contributed by atoms with E-state index in [0.29, 0.717) is 17.7 Å². The van der Waals surface area contributed by atoms with E-state index in [-0.39, 0.29) is 52.0 Å². The molecule has 2 aliphatic heterocycles. The van der Waals surface area contributed by atoms with Gasteiger partial charge in [0.2, 0.25) is 0 Å². The van der Waals surface area contributed by atoms with Crippen molar-refractivity contribution in [2.24, 2.45) is 11.0 Å². The van der Waals surface area contributed by atoms with E-state index in [0.717, 1.165) is 11.1 Å². The maximum absolute atomic E-state index is 12.6. The Morgan fingerprint density at radius 3 is 1.63 bits per heavy atom. The van der Waals surface area contributed by atoms with Crippen molar-refractivity contribution in [2.45, 2.75) is 118 Å². The monoisotopic (exact) mass is 871 g/mol. The zero-order chi connectivity index (χ0) is 45.3. The summed E-state index contributed by atoms with van der Waals surface area (Å²) >= 11 is 0. The number of hydrogen-bond acceptors (Lipinski definition) is 12. The standard InChI is InChI=1S/C23H26O7.C21H23N3O4.2C2H6.CH4/c1-15-21(30-23(26)18-11-7-4-8-12-18)22(28-13-17-9-5-3-6-10-17)20(25)19(29-15)14-27-16(2)24;1-15-19(14-28-21(25)17-10-6-3-7-11-17)26-13-18(23-24-22)20(15)27-12-16-8-4-2-5-9-16;2*1-2;/h3-12,15,19-22,25H,13-14H2,1-2H3;2-11,15,18-20H,12-14H2,1H3;2*1-2H3;1H4/t15?,19-,20+,21?,22?;15?,18-,19?,20-;;;/m01.../s1. The van der Waals surface area contributed by atoms with Crippen molar-refractivity contribution in [1.29, 1.82) is 0 Å². The van der Waals surface area contributed by atoms with Crippen LogP contribution in [0, 0.1) is 5.92 Å². The van der Waals surface area contributed by atoms with Gasteiger partial charge >= 0.3 is 17.9 Å². The molecule has 0 amide bonds. The molecular formula is C49H65N3O11. The Hall–Kier alpha value is -5.60. The van der Waals surface area contributed by atoms with Gasteiger partial charge in [0.05, 0.1) is 55.3 Å².